The van der Waals surface area contributed by atoms with Crippen molar-refractivity contribution in [3.8, 4) is 5.75 Å². The van der Waals surface area contributed by atoms with Crippen molar-refractivity contribution in [3.63, 3.8) is 0 Å². The zero-order chi connectivity index (χ0) is 20.1. The summed E-state index contributed by atoms with van der Waals surface area (Å²) in [7, 11) is 1.49. The minimum Gasteiger partial charge on any atom is -0.495 e. The van der Waals surface area contributed by atoms with Crippen molar-refractivity contribution in [2.24, 2.45) is 0 Å². The molecule has 1 aliphatic rings. The van der Waals surface area contributed by atoms with Crippen LogP contribution in [0, 0.1) is 0 Å². The molecule has 2 amide bonds. The number of hydrogen-bond acceptors (Lipinski definition) is 5. The Morgan fingerprint density at radius 2 is 2.04 bits per heavy atom. The van der Waals surface area contributed by atoms with Crippen LogP contribution >= 0.6 is 11.6 Å². The van der Waals surface area contributed by atoms with Crippen molar-refractivity contribution in [3.05, 3.63) is 53.1 Å². The second-order valence-electron chi connectivity index (χ2n) is 6.17. The van der Waals surface area contributed by atoms with Crippen molar-refractivity contribution in [2.75, 3.05) is 30.5 Å². The normalized spacial score (nSPS) is 13.4. The second kappa shape index (κ2) is 8.75. The number of methoxy groups -OCH3 is 1. The van der Waals surface area contributed by atoms with Gasteiger partial charge in [0.2, 0.25) is 5.91 Å². The summed E-state index contributed by atoms with van der Waals surface area (Å²) in [6.45, 7) is 0.180. The number of benzene rings is 2. The molecule has 146 valence electrons. The molecule has 0 atom stereocenters. The fourth-order valence-corrected chi connectivity index (χ4v) is 3.14. The maximum Gasteiger partial charge on any atom is 0.338 e. The van der Waals surface area contributed by atoms with E-state index >= 15 is 0 Å². The van der Waals surface area contributed by atoms with Gasteiger partial charge in [-0.25, -0.2) is 4.79 Å². The molecule has 0 saturated carbocycles. The highest BCUT2D eigenvalue weighted by Gasteiger charge is 2.22. The average molecular weight is 403 g/mol. The molecular weight excluding hydrogens is 384 g/mol. The van der Waals surface area contributed by atoms with Crippen LogP contribution in [-0.4, -0.2) is 38.0 Å². The number of hydrogen-bond donors (Lipinski definition) is 1. The maximum absolute atomic E-state index is 12.2. The van der Waals surface area contributed by atoms with Gasteiger partial charge in [-0.15, -0.1) is 0 Å². The zero-order valence-corrected chi connectivity index (χ0v) is 16.0. The number of anilines is 2. The van der Waals surface area contributed by atoms with E-state index in [1.807, 2.05) is 0 Å². The topological polar surface area (TPSA) is 84.9 Å². The average Bonchev–Trinajstić information content (AvgIpc) is 3.12. The Kier molecular flexibility index (Phi) is 6.16. The minimum atomic E-state index is -0.642. The predicted octanol–water partition coefficient (Wildman–Crippen LogP) is 3.27. The highest BCUT2D eigenvalue weighted by atomic mass is 35.5. The molecule has 1 fully saturated rings. The van der Waals surface area contributed by atoms with E-state index in [0.29, 0.717) is 35.1 Å². The summed E-state index contributed by atoms with van der Waals surface area (Å²) < 4.78 is 10.1. The lowest BCUT2D eigenvalue weighted by molar-refractivity contribution is -0.119. The summed E-state index contributed by atoms with van der Waals surface area (Å²) in [5.41, 5.74) is 1.38. The van der Waals surface area contributed by atoms with Crippen LogP contribution in [0.3, 0.4) is 0 Å². The maximum atomic E-state index is 12.2. The molecule has 0 aromatic heterocycles. The second-order valence-corrected chi connectivity index (χ2v) is 6.58. The summed E-state index contributed by atoms with van der Waals surface area (Å²) >= 11 is 6.01. The number of nitrogens with zero attached hydrogens (tertiary/aromatic N) is 1. The first-order chi connectivity index (χ1) is 13.5. The van der Waals surface area contributed by atoms with Crippen LogP contribution in [0.2, 0.25) is 5.02 Å². The number of carbonyl (C=O) groups excluding carboxylic acids is 3. The van der Waals surface area contributed by atoms with E-state index < -0.39 is 18.5 Å². The van der Waals surface area contributed by atoms with Gasteiger partial charge in [-0.2, -0.15) is 0 Å². The summed E-state index contributed by atoms with van der Waals surface area (Å²) in [5.74, 6) is -0.623. The Hall–Kier alpha value is -3.06. The highest BCUT2D eigenvalue weighted by molar-refractivity contribution is 6.32. The molecule has 7 nitrogen and oxygen atoms in total. The van der Waals surface area contributed by atoms with Gasteiger partial charge in [0.25, 0.3) is 5.91 Å². The molecule has 28 heavy (non-hydrogen) atoms. The predicted molar refractivity (Wildman–Crippen MR) is 105 cm³/mol. The van der Waals surface area contributed by atoms with E-state index in [1.54, 1.807) is 41.3 Å². The van der Waals surface area contributed by atoms with E-state index in [9.17, 15) is 14.4 Å². The van der Waals surface area contributed by atoms with Gasteiger partial charge < -0.3 is 19.7 Å². The van der Waals surface area contributed by atoms with Crippen LogP contribution in [0.15, 0.2) is 42.5 Å². The summed E-state index contributed by atoms with van der Waals surface area (Å²) in [6, 6.07) is 11.4. The third-order valence-electron chi connectivity index (χ3n) is 4.24. The molecule has 1 heterocycles. The van der Waals surface area contributed by atoms with Crippen LogP contribution in [0.25, 0.3) is 0 Å². The monoisotopic (exact) mass is 402 g/mol. The molecule has 8 heteroatoms. The van der Waals surface area contributed by atoms with E-state index in [0.717, 1.165) is 6.42 Å². The Labute approximate surface area is 167 Å². The minimum absolute atomic E-state index is 0.0306. The first-order valence-corrected chi connectivity index (χ1v) is 9.06. The van der Waals surface area contributed by atoms with E-state index in [2.05, 4.69) is 5.32 Å². The van der Waals surface area contributed by atoms with E-state index in [1.165, 1.54) is 13.2 Å². The smallest absolute Gasteiger partial charge is 0.338 e. The number of rotatable bonds is 6. The third kappa shape index (κ3) is 4.61. The summed E-state index contributed by atoms with van der Waals surface area (Å²) in [4.78, 5) is 37.7. The largest absolute Gasteiger partial charge is 0.495 e. The summed E-state index contributed by atoms with van der Waals surface area (Å²) in [6.07, 6.45) is 1.30. The van der Waals surface area contributed by atoms with E-state index in [4.69, 9.17) is 21.1 Å². The Bertz CT molecular complexity index is 915. The Morgan fingerprint density at radius 1 is 1.21 bits per heavy atom. The van der Waals surface area contributed by atoms with Gasteiger partial charge in [-0.3, -0.25) is 9.59 Å². The Morgan fingerprint density at radius 3 is 2.71 bits per heavy atom. The fraction of sp³-hybridized carbons (Fsp3) is 0.250. The number of halogens is 1. The number of nitrogens with one attached hydrogen (secondary N) is 1. The molecule has 2 aromatic carbocycles. The van der Waals surface area contributed by atoms with Gasteiger partial charge in [0, 0.05) is 24.3 Å². The van der Waals surface area contributed by atoms with Gasteiger partial charge in [0.05, 0.1) is 17.7 Å². The lowest BCUT2D eigenvalue weighted by Gasteiger charge is -2.16. The van der Waals surface area contributed by atoms with E-state index in [-0.39, 0.29) is 11.5 Å². The number of amides is 2. The molecule has 2 aromatic rings. The molecule has 3 rings (SSSR count). The van der Waals surface area contributed by atoms with Gasteiger partial charge in [-0.1, -0.05) is 17.7 Å². The van der Waals surface area contributed by atoms with Crippen molar-refractivity contribution in [2.45, 2.75) is 12.8 Å². The zero-order valence-electron chi connectivity index (χ0n) is 15.2. The fourth-order valence-electron chi connectivity index (χ4n) is 2.88. The lowest BCUT2D eigenvalue weighted by atomic mass is 10.2. The first kappa shape index (κ1) is 19.7. The molecule has 0 bridgehead atoms. The van der Waals surface area contributed by atoms with Gasteiger partial charge in [0.15, 0.2) is 6.61 Å². The molecule has 0 aliphatic carbocycles. The van der Waals surface area contributed by atoms with Crippen LogP contribution in [-0.2, 0) is 14.3 Å². The SMILES string of the molecule is COc1ccc(NC(=O)COC(=O)c2cccc(N3CCCC3=O)c2)cc1Cl. The number of ether oxygens (including phenoxy) is 2. The first-order valence-electron chi connectivity index (χ1n) is 8.69. The van der Waals surface area contributed by atoms with Gasteiger partial charge in [0.1, 0.15) is 5.75 Å². The number of carbonyl (C=O) groups is 3. The van der Waals surface area contributed by atoms with Crippen molar-refractivity contribution in [1.82, 2.24) is 0 Å². The number of esters is 1. The van der Waals surface area contributed by atoms with Crippen LogP contribution in [0.5, 0.6) is 5.75 Å². The quantitative estimate of drug-likeness (QED) is 0.749. The molecule has 0 radical (unpaired) electrons. The van der Waals surface area contributed by atoms with Crippen LogP contribution in [0.1, 0.15) is 23.2 Å². The molecule has 1 aliphatic heterocycles. The molecule has 0 spiro atoms. The molecule has 1 N–H and O–H groups in total. The van der Waals surface area contributed by atoms with Crippen LogP contribution < -0.4 is 15.0 Å². The molecule has 0 unspecified atom stereocenters. The van der Waals surface area contributed by atoms with Crippen molar-refractivity contribution >= 4 is 40.8 Å². The Balaban J connectivity index is 1.57. The third-order valence-corrected chi connectivity index (χ3v) is 4.53. The van der Waals surface area contributed by atoms with Crippen molar-refractivity contribution < 1.29 is 23.9 Å². The van der Waals surface area contributed by atoms with Gasteiger partial charge in [-0.05, 0) is 42.8 Å². The summed E-state index contributed by atoms with van der Waals surface area (Å²) in [5, 5.41) is 2.95. The highest BCUT2D eigenvalue weighted by Crippen LogP contribution is 2.27. The molecular formula is C20H19ClN2O5. The standard InChI is InChI=1S/C20H19ClN2O5/c1-27-17-8-7-14(11-16(17)21)22-18(24)12-28-20(26)13-4-2-5-15(10-13)23-9-3-6-19(23)25/h2,4-5,7-8,10-11H,3,6,9,12H2,1H3,(H,22,24). The molecule has 1 saturated heterocycles. The lowest BCUT2D eigenvalue weighted by Crippen LogP contribution is -2.24. The van der Waals surface area contributed by atoms with Crippen molar-refractivity contribution in [1.29, 1.82) is 0 Å². The van der Waals surface area contributed by atoms with Crippen LogP contribution in [0.4, 0.5) is 11.4 Å². The van der Waals surface area contributed by atoms with Gasteiger partial charge >= 0.3 is 5.97 Å².